The van der Waals surface area contributed by atoms with Crippen LogP contribution >= 0.6 is 0 Å². The minimum absolute atomic E-state index is 0.00758. The zero-order valence-corrected chi connectivity index (χ0v) is 13.0. The first kappa shape index (κ1) is 16.7. The predicted molar refractivity (Wildman–Crippen MR) is 83.3 cm³/mol. The summed E-state index contributed by atoms with van der Waals surface area (Å²) in [7, 11) is 4.07. The second kappa shape index (κ2) is 7.41. The van der Waals surface area contributed by atoms with Gasteiger partial charge >= 0.3 is 0 Å². The van der Waals surface area contributed by atoms with Crippen molar-refractivity contribution in [1.29, 1.82) is 0 Å². The molecule has 1 aromatic rings. The summed E-state index contributed by atoms with van der Waals surface area (Å²) in [5.41, 5.74) is 7.09. The molecule has 0 aliphatic rings. The molecule has 0 radical (unpaired) electrons. The van der Waals surface area contributed by atoms with E-state index in [-0.39, 0.29) is 17.4 Å². The van der Waals surface area contributed by atoms with Crippen LogP contribution in [-0.4, -0.2) is 38.0 Å². The van der Waals surface area contributed by atoms with E-state index in [1.807, 2.05) is 44.4 Å². The average molecular weight is 277 g/mol. The fourth-order valence-corrected chi connectivity index (χ4v) is 2.34. The van der Waals surface area contributed by atoms with E-state index in [4.69, 9.17) is 5.73 Å². The zero-order valence-electron chi connectivity index (χ0n) is 13.0. The Morgan fingerprint density at radius 1 is 1.30 bits per heavy atom. The number of hydrogen-bond donors (Lipinski definition) is 2. The quantitative estimate of drug-likeness (QED) is 0.799. The molecule has 0 heterocycles. The van der Waals surface area contributed by atoms with Crippen LogP contribution in [0.3, 0.4) is 0 Å². The maximum Gasteiger partial charge on any atom is 0.221 e. The van der Waals surface area contributed by atoms with Crippen LogP contribution < -0.4 is 11.1 Å². The lowest BCUT2D eigenvalue weighted by atomic mass is 9.93. The van der Waals surface area contributed by atoms with Crippen molar-refractivity contribution >= 4 is 5.91 Å². The van der Waals surface area contributed by atoms with Crippen molar-refractivity contribution in [3.8, 4) is 0 Å². The van der Waals surface area contributed by atoms with Crippen LogP contribution in [0.4, 0.5) is 0 Å². The molecule has 0 aliphatic carbocycles. The number of nitrogens with zero attached hydrogens (tertiary/aromatic N) is 1. The van der Waals surface area contributed by atoms with Crippen LogP contribution in [0.5, 0.6) is 0 Å². The van der Waals surface area contributed by atoms with Gasteiger partial charge in [-0.15, -0.1) is 0 Å². The highest BCUT2D eigenvalue weighted by Crippen LogP contribution is 2.16. The minimum Gasteiger partial charge on any atom is -0.355 e. The van der Waals surface area contributed by atoms with E-state index in [0.717, 1.165) is 12.1 Å². The Bertz CT molecular complexity index is 415. The maximum absolute atomic E-state index is 12.0. The van der Waals surface area contributed by atoms with Gasteiger partial charge in [-0.3, -0.25) is 4.79 Å². The van der Waals surface area contributed by atoms with Crippen LogP contribution in [0.15, 0.2) is 30.3 Å². The number of nitrogens with one attached hydrogen (secondary N) is 1. The van der Waals surface area contributed by atoms with Gasteiger partial charge in [0.25, 0.3) is 0 Å². The molecule has 0 spiro atoms. The molecular weight excluding hydrogens is 250 g/mol. The van der Waals surface area contributed by atoms with Crippen molar-refractivity contribution in [2.75, 3.05) is 27.2 Å². The highest BCUT2D eigenvalue weighted by molar-refractivity contribution is 5.76. The molecule has 0 fully saturated rings. The number of carbonyl (C=O) groups is 1. The van der Waals surface area contributed by atoms with Gasteiger partial charge in [0.05, 0.1) is 0 Å². The number of amides is 1. The van der Waals surface area contributed by atoms with Gasteiger partial charge in [-0.05, 0) is 25.1 Å². The molecule has 0 aliphatic heterocycles. The second-order valence-electron chi connectivity index (χ2n) is 6.40. The molecule has 112 valence electrons. The van der Waals surface area contributed by atoms with Crippen molar-refractivity contribution in [3.05, 3.63) is 35.9 Å². The number of carbonyl (C=O) groups excluding carboxylic acids is 1. The third-order valence-corrected chi connectivity index (χ3v) is 3.14. The first-order chi connectivity index (χ1) is 9.30. The SMILES string of the molecule is CN(C)CC(C)(C)CNC(=O)CC(N)c1ccccc1. The van der Waals surface area contributed by atoms with Crippen LogP contribution in [0.25, 0.3) is 0 Å². The largest absolute Gasteiger partial charge is 0.355 e. The highest BCUT2D eigenvalue weighted by Gasteiger charge is 2.20. The first-order valence-corrected chi connectivity index (χ1v) is 7.02. The summed E-state index contributed by atoms with van der Waals surface area (Å²) in [6.45, 7) is 5.87. The van der Waals surface area contributed by atoms with Gasteiger partial charge in [0.15, 0.2) is 0 Å². The van der Waals surface area contributed by atoms with Crippen LogP contribution in [0.2, 0.25) is 0 Å². The van der Waals surface area contributed by atoms with E-state index in [0.29, 0.717) is 13.0 Å². The fraction of sp³-hybridized carbons (Fsp3) is 0.562. The number of nitrogens with two attached hydrogens (primary N) is 1. The molecule has 1 aromatic carbocycles. The summed E-state index contributed by atoms with van der Waals surface area (Å²) in [5.74, 6) is 0.00758. The van der Waals surface area contributed by atoms with E-state index in [2.05, 4.69) is 24.1 Å². The monoisotopic (exact) mass is 277 g/mol. The molecule has 4 nitrogen and oxygen atoms in total. The lowest BCUT2D eigenvalue weighted by molar-refractivity contribution is -0.121. The molecule has 3 N–H and O–H groups in total. The van der Waals surface area contributed by atoms with Crippen molar-refractivity contribution in [3.63, 3.8) is 0 Å². The van der Waals surface area contributed by atoms with Crippen LogP contribution in [0, 0.1) is 5.41 Å². The molecule has 4 heteroatoms. The van der Waals surface area contributed by atoms with Gasteiger partial charge in [0, 0.05) is 25.6 Å². The molecule has 0 bridgehead atoms. The smallest absolute Gasteiger partial charge is 0.221 e. The summed E-state index contributed by atoms with van der Waals surface area (Å²) in [5, 5.41) is 2.98. The van der Waals surface area contributed by atoms with E-state index >= 15 is 0 Å². The van der Waals surface area contributed by atoms with E-state index in [1.54, 1.807) is 0 Å². The topological polar surface area (TPSA) is 58.4 Å². The Labute approximate surface area is 122 Å². The molecule has 1 amide bonds. The molecular formula is C16H27N3O. The lowest BCUT2D eigenvalue weighted by Gasteiger charge is -2.28. The molecule has 0 aromatic heterocycles. The van der Waals surface area contributed by atoms with Crippen molar-refractivity contribution < 1.29 is 4.79 Å². The van der Waals surface area contributed by atoms with Crippen molar-refractivity contribution in [2.24, 2.45) is 11.1 Å². The molecule has 20 heavy (non-hydrogen) atoms. The maximum atomic E-state index is 12.0. The summed E-state index contributed by atoms with van der Waals surface area (Å²) < 4.78 is 0. The summed E-state index contributed by atoms with van der Waals surface area (Å²) in [4.78, 5) is 14.1. The van der Waals surface area contributed by atoms with E-state index < -0.39 is 0 Å². The Morgan fingerprint density at radius 3 is 2.45 bits per heavy atom. The molecule has 0 saturated heterocycles. The Balaban J connectivity index is 2.41. The summed E-state index contributed by atoms with van der Waals surface area (Å²) in [6.07, 6.45) is 0.321. The second-order valence-corrected chi connectivity index (χ2v) is 6.40. The Kier molecular flexibility index (Phi) is 6.17. The van der Waals surface area contributed by atoms with Crippen molar-refractivity contribution in [2.45, 2.75) is 26.3 Å². The zero-order chi connectivity index (χ0) is 15.2. The minimum atomic E-state index is -0.242. The summed E-state index contributed by atoms with van der Waals surface area (Å²) in [6, 6.07) is 9.48. The van der Waals surface area contributed by atoms with Gasteiger partial charge in [-0.1, -0.05) is 44.2 Å². The van der Waals surface area contributed by atoms with Crippen molar-refractivity contribution in [1.82, 2.24) is 10.2 Å². The predicted octanol–water partition coefficient (Wildman–Crippen LogP) is 1.78. The number of hydrogen-bond acceptors (Lipinski definition) is 3. The number of rotatable bonds is 7. The van der Waals surface area contributed by atoms with Gasteiger partial charge in [0.1, 0.15) is 0 Å². The average Bonchev–Trinajstić information content (AvgIpc) is 2.36. The van der Waals surface area contributed by atoms with Gasteiger partial charge in [0.2, 0.25) is 5.91 Å². The molecule has 1 atom stereocenters. The van der Waals surface area contributed by atoms with Gasteiger partial charge < -0.3 is 16.0 Å². The normalized spacial score (nSPS) is 13.3. The van der Waals surface area contributed by atoms with E-state index in [1.165, 1.54) is 0 Å². The summed E-state index contributed by atoms with van der Waals surface area (Å²) >= 11 is 0. The van der Waals surface area contributed by atoms with Crippen LogP contribution in [0.1, 0.15) is 31.9 Å². The fourth-order valence-electron chi connectivity index (χ4n) is 2.34. The first-order valence-electron chi connectivity index (χ1n) is 7.02. The third-order valence-electron chi connectivity index (χ3n) is 3.14. The lowest BCUT2D eigenvalue weighted by Crippen LogP contribution is -2.40. The number of benzene rings is 1. The molecule has 0 saturated carbocycles. The third kappa shape index (κ3) is 6.17. The Morgan fingerprint density at radius 2 is 1.90 bits per heavy atom. The van der Waals surface area contributed by atoms with E-state index in [9.17, 15) is 4.79 Å². The van der Waals surface area contributed by atoms with Gasteiger partial charge in [-0.2, -0.15) is 0 Å². The highest BCUT2D eigenvalue weighted by atomic mass is 16.1. The standard InChI is InChI=1S/C16H27N3O/c1-16(2,12-19(3)4)11-18-15(20)10-14(17)13-8-6-5-7-9-13/h5-9,14H,10-12,17H2,1-4H3,(H,18,20). The molecule has 1 rings (SSSR count). The Hall–Kier alpha value is -1.39. The van der Waals surface area contributed by atoms with Gasteiger partial charge in [-0.25, -0.2) is 0 Å². The molecule has 1 unspecified atom stereocenters. The van der Waals surface area contributed by atoms with Crippen LogP contribution in [-0.2, 0) is 4.79 Å².